The number of rotatable bonds is 5. The highest BCUT2D eigenvalue weighted by Gasteiger charge is 2.41. The highest BCUT2D eigenvalue weighted by atomic mass is 15.1. The zero-order chi connectivity index (χ0) is 16.0. The molecule has 2 unspecified atom stereocenters. The Morgan fingerprint density at radius 3 is 2.29 bits per heavy atom. The van der Waals surface area contributed by atoms with Crippen LogP contribution in [0.2, 0.25) is 0 Å². The van der Waals surface area contributed by atoms with E-state index in [-0.39, 0.29) is 0 Å². The molecule has 0 spiro atoms. The van der Waals surface area contributed by atoms with E-state index in [1.54, 1.807) is 0 Å². The third-order valence-corrected chi connectivity index (χ3v) is 4.40. The van der Waals surface area contributed by atoms with E-state index in [2.05, 4.69) is 64.2 Å². The lowest BCUT2D eigenvalue weighted by atomic mass is 9.76. The summed E-state index contributed by atoms with van der Waals surface area (Å²) in [5, 5.41) is 0. The van der Waals surface area contributed by atoms with Gasteiger partial charge in [0.25, 0.3) is 0 Å². The van der Waals surface area contributed by atoms with Crippen molar-refractivity contribution in [1.82, 2.24) is 0 Å². The number of hydrogen-bond acceptors (Lipinski definition) is 0. The molecule has 0 aromatic rings. The Bertz CT molecular complexity index is 514. The molecule has 0 radical (unpaired) electrons. The topological polar surface area (TPSA) is 3.01 Å². The van der Waals surface area contributed by atoms with E-state index in [9.17, 15) is 0 Å². The van der Waals surface area contributed by atoms with Crippen molar-refractivity contribution in [2.75, 3.05) is 0 Å². The Morgan fingerprint density at radius 1 is 1.19 bits per heavy atom. The summed E-state index contributed by atoms with van der Waals surface area (Å²) >= 11 is 0. The largest absolute Gasteiger partial charge is 0.205 e. The maximum Gasteiger partial charge on any atom is 0.205 e. The zero-order valence-corrected chi connectivity index (χ0v) is 14.2. The van der Waals surface area contributed by atoms with Crippen molar-refractivity contribution in [3.63, 3.8) is 0 Å². The molecule has 1 aliphatic heterocycles. The van der Waals surface area contributed by atoms with Crippen LogP contribution in [0.4, 0.5) is 0 Å². The smallest absolute Gasteiger partial charge is 0.196 e. The second kappa shape index (κ2) is 7.97. The van der Waals surface area contributed by atoms with Crippen LogP contribution >= 0.6 is 0 Å². The Labute approximate surface area is 130 Å². The molecule has 114 valence electrons. The minimum absolute atomic E-state index is 0.438. The first-order valence-electron chi connectivity index (χ1n) is 8.05. The second-order valence-electron chi connectivity index (χ2n) is 5.50. The fourth-order valence-electron chi connectivity index (χ4n) is 3.42. The lowest BCUT2D eigenvalue weighted by molar-refractivity contribution is -0.523. The van der Waals surface area contributed by atoms with Gasteiger partial charge in [-0.05, 0) is 43.6 Å². The van der Waals surface area contributed by atoms with Gasteiger partial charge in [-0.15, -0.1) is 0 Å². The van der Waals surface area contributed by atoms with Crippen molar-refractivity contribution < 1.29 is 4.58 Å². The molecule has 0 amide bonds. The third kappa shape index (κ3) is 3.34. The quantitative estimate of drug-likeness (QED) is 0.592. The predicted octanol–water partition coefficient (Wildman–Crippen LogP) is 5.43. The third-order valence-electron chi connectivity index (χ3n) is 4.40. The molecule has 1 saturated heterocycles. The monoisotopic (exact) mass is 284 g/mol. The van der Waals surface area contributed by atoms with Gasteiger partial charge in [-0.3, -0.25) is 0 Å². The first kappa shape index (κ1) is 17.4. The summed E-state index contributed by atoms with van der Waals surface area (Å²) in [6.07, 6.45) is 11.5. The van der Waals surface area contributed by atoms with Crippen LogP contribution in [0.5, 0.6) is 0 Å². The van der Waals surface area contributed by atoms with Crippen LogP contribution in [0, 0.1) is 5.92 Å². The van der Waals surface area contributed by atoms with Crippen LogP contribution in [0.1, 0.15) is 47.0 Å². The molecule has 2 atom stereocenters. The predicted molar refractivity (Wildman–Crippen MR) is 94.8 cm³/mol. The maximum absolute atomic E-state index is 4.34. The lowest BCUT2D eigenvalue weighted by Crippen LogP contribution is -2.40. The average Bonchev–Trinajstić information content (AvgIpc) is 2.49. The molecule has 1 nitrogen and oxygen atoms in total. The van der Waals surface area contributed by atoms with Crippen LogP contribution in [-0.2, 0) is 0 Å². The van der Waals surface area contributed by atoms with Crippen molar-refractivity contribution >= 4 is 6.21 Å². The number of hydrogen-bond donors (Lipinski definition) is 0. The van der Waals surface area contributed by atoms with Gasteiger partial charge in [0.2, 0.25) is 5.70 Å². The molecule has 1 heterocycles. The van der Waals surface area contributed by atoms with Gasteiger partial charge in [-0.25, -0.2) is 0 Å². The molecule has 0 aliphatic carbocycles. The fraction of sp³-hybridized carbons (Fsp3) is 0.450. The van der Waals surface area contributed by atoms with Crippen molar-refractivity contribution in [3.05, 3.63) is 60.4 Å². The van der Waals surface area contributed by atoms with Gasteiger partial charge in [0.1, 0.15) is 0 Å². The molecule has 1 heteroatoms. The molecule has 21 heavy (non-hydrogen) atoms. The van der Waals surface area contributed by atoms with Crippen molar-refractivity contribution in [3.8, 4) is 0 Å². The maximum atomic E-state index is 4.34. The van der Waals surface area contributed by atoms with Crippen LogP contribution in [0.15, 0.2) is 60.4 Å². The highest BCUT2D eigenvalue weighted by molar-refractivity contribution is 5.67. The molecule has 1 rings (SSSR count). The highest BCUT2D eigenvalue weighted by Crippen LogP contribution is 2.40. The first-order chi connectivity index (χ1) is 10.1. The molecule has 1 aliphatic rings. The van der Waals surface area contributed by atoms with Crippen LogP contribution in [0.25, 0.3) is 0 Å². The number of piperidine rings is 1. The van der Waals surface area contributed by atoms with E-state index in [4.69, 9.17) is 0 Å². The summed E-state index contributed by atoms with van der Waals surface area (Å²) in [6, 6.07) is 0.438. The summed E-state index contributed by atoms with van der Waals surface area (Å²) in [4.78, 5) is 0. The van der Waals surface area contributed by atoms with E-state index < -0.39 is 0 Å². The van der Waals surface area contributed by atoms with E-state index in [0.29, 0.717) is 12.0 Å². The van der Waals surface area contributed by atoms with Gasteiger partial charge in [-0.2, -0.15) is 4.58 Å². The molecule has 0 saturated carbocycles. The van der Waals surface area contributed by atoms with E-state index in [1.807, 2.05) is 12.3 Å². The molecular weight excluding hydrogens is 254 g/mol. The Morgan fingerprint density at radius 2 is 1.86 bits per heavy atom. The van der Waals surface area contributed by atoms with Gasteiger partial charge < -0.3 is 0 Å². The summed E-state index contributed by atoms with van der Waals surface area (Å²) in [5.41, 5.74) is 4.90. The van der Waals surface area contributed by atoms with Gasteiger partial charge in [0.15, 0.2) is 12.3 Å². The summed E-state index contributed by atoms with van der Waals surface area (Å²) < 4.78 is 2.26. The van der Waals surface area contributed by atoms with E-state index >= 15 is 0 Å². The molecule has 0 bridgehead atoms. The molecule has 1 fully saturated rings. The summed E-state index contributed by atoms with van der Waals surface area (Å²) in [7, 11) is 0. The van der Waals surface area contributed by atoms with Crippen molar-refractivity contribution in [2.24, 2.45) is 5.92 Å². The Balaban J connectivity index is 3.54. The minimum atomic E-state index is 0.438. The van der Waals surface area contributed by atoms with E-state index in [1.165, 1.54) is 11.1 Å². The first-order valence-corrected chi connectivity index (χ1v) is 8.05. The van der Waals surface area contributed by atoms with Gasteiger partial charge in [-0.1, -0.05) is 46.1 Å². The number of allylic oxidation sites excluding steroid dienone is 5. The minimum Gasteiger partial charge on any atom is -0.196 e. The van der Waals surface area contributed by atoms with Crippen LogP contribution < -0.4 is 0 Å². The normalized spacial score (nSPS) is 27.5. The van der Waals surface area contributed by atoms with Gasteiger partial charge in [0, 0.05) is 17.9 Å². The molecular formula is C20H30N+. The van der Waals surface area contributed by atoms with Gasteiger partial charge in [0.05, 0.1) is 0 Å². The standard InChI is InChI=1S/C20H30N/c1-8-13-17(10-3)20-15(6)16(7)21(14-9-2)19(12-5)18(20)11-4/h8-9,13-14,18-19H,2,6-7,10-12H2,1,3-5H3/q+1/b13-8?,20-17-,21-14?. The van der Waals surface area contributed by atoms with E-state index in [0.717, 1.165) is 30.5 Å². The average molecular weight is 284 g/mol. The number of nitrogens with zero attached hydrogens (tertiary/aromatic N) is 1. The molecule has 0 aromatic heterocycles. The SMILES string of the molecule is C=CC=[N+]1C(=C)C(=C)/C(=C(/C=CC)CC)C(CC)C1CC. The van der Waals surface area contributed by atoms with Crippen LogP contribution in [-0.4, -0.2) is 16.8 Å². The Hall–Kier alpha value is -1.63. The fourth-order valence-corrected chi connectivity index (χ4v) is 3.42. The second-order valence-corrected chi connectivity index (χ2v) is 5.50. The van der Waals surface area contributed by atoms with Crippen molar-refractivity contribution in [1.29, 1.82) is 0 Å². The lowest BCUT2D eigenvalue weighted by Gasteiger charge is -2.34. The van der Waals surface area contributed by atoms with Gasteiger partial charge >= 0.3 is 0 Å². The summed E-state index contributed by atoms with van der Waals surface area (Å²) in [6.45, 7) is 21.3. The molecule has 0 N–H and O–H groups in total. The molecule has 0 aromatic carbocycles. The van der Waals surface area contributed by atoms with Crippen LogP contribution in [0.3, 0.4) is 0 Å². The zero-order valence-electron chi connectivity index (χ0n) is 14.2. The summed E-state index contributed by atoms with van der Waals surface area (Å²) in [5.74, 6) is 0.496. The van der Waals surface area contributed by atoms with Crippen molar-refractivity contribution in [2.45, 2.75) is 53.0 Å². The Kier molecular flexibility index (Phi) is 6.61.